The maximum absolute atomic E-state index is 11.4. The fraction of sp³-hybridized carbons (Fsp3) is 0.0909. The Labute approximate surface area is 105 Å². The molecule has 0 saturated carbocycles. The van der Waals surface area contributed by atoms with Crippen molar-refractivity contribution in [3.05, 3.63) is 44.3 Å². The van der Waals surface area contributed by atoms with Crippen LogP contribution in [0.2, 0.25) is 0 Å². The second-order valence-corrected chi connectivity index (χ2v) is 4.94. The van der Waals surface area contributed by atoms with Gasteiger partial charge >= 0.3 is 0 Å². The van der Waals surface area contributed by atoms with Gasteiger partial charge in [-0.15, -0.1) is 0 Å². The quantitative estimate of drug-likeness (QED) is 0.855. The van der Waals surface area contributed by atoms with Gasteiger partial charge in [0.1, 0.15) is 5.01 Å². The van der Waals surface area contributed by atoms with Gasteiger partial charge < -0.3 is 4.74 Å². The summed E-state index contributed by atoms with van der Waals surface area (Å²) in [7, 11) is 1.50. The molecule has 3 nitrogen and oxygen atoms in total. The van der Waals surface area contributed by atoms with E-state index in [1.807, 2.05) is 24.3 Å². The fourth-order valence-corrected chi connectivity index (χ4v) is 2.21. The minimum atomic E-state index is -0.0650. The lowest BCUT2D eigenvalue weighted by Crippen LogP contribution is -1.98. The van der Waals surface area contributed by atoms with E-state index >= 15 is 0 Å². The third-order valence-corrected chi connectivity index (χ3v) is 3.32. The van der Waals surface area contributed by atoms with Gasteiger partial charge in [-0.25, -0.2) is 4.98 Å². The van der Waals surface area contributed by atoms with Crippen LogP contribution in [0.5, 0.6) is 5.88 Å². The molecule has 82 valence electrons. The summed E-state index contributed by atoms with van der Waals surface area (Å²) in [6.07, 6.45) is 0. The van der Waals surface area contributed by atoms with Crippen LogP contribution in [0.1, 0.15) is 0 Å². The van der Waals surface area contributed by atoms with Crippen molar-refractivity contribution in [2.75, 3.05) is 7.11 Å². The van der Waals surface area contributed by atoms with E-state index in [0.717, 1.165) is 21.4 Å². The molecule has 0 aliphatic heterocycles. The maximum Gasteiger partial charge on any atom is 0.239 e. The number of hydrogen-bond donors (Lipinski definition) is 0. The van der Waals surface area contributed by atoms with Crippen LogP contribution in [0.3, 0.4) is 0 Å². The zero-order valence-corrected chi connectivity index (χ0v) is 10.8. The summed E-state index contributed by atoms with van der Waals surface area (Å²) in [6, 6.07) is 9.01. The summed E-state index contributed by atoms with van der Waals surface area (Å²) in [6.45, 7) is 0. The van der Waals surface area contributed by atoms with Gasteiger partial charge in [-0.2, -0.15) is 0 Å². The van der Waals surface area contributed by atoms with Crippen LogP contribution in [0.4, 0.5) is 0 Å². The molecule has 0 amide bonds. The number of rotatable bonds is 2. The summed E-state index contributed by atoms with van der Waals surface area (Å²) in [5.74, 6) is 0.349. The Kier molecular flexibility index (Phi) is 3.36. The van der Waals surface area contributed by atoms with Crippen LogP contribution < -0.4 is 9.48 Å². The fourth-order valence-electron chi connectivity index (χ4n) is 1.20. The number of halogens is 1. The van der Waals surface area contributed by atoms with Gasteiger partial charge in [-0.1, -0.05) is 39.4 Å². The highest BCUT2D eigenvalue weighted by atomic mass is 79.9. The number of aromatic nitrogens is 1. The molecular formula is C11H8BrNO2S. The topological polar surface area (TPSA) is 39.2 Å². The second-order valence-electron chi connectivity index (χ2n) is 3.03. The van der Waals surface area contributed by atoms with Gasteiger partial charge in [0, 0.05) is 10.0 Å². The summed E-state index contributed by atoms with van der Waals surface area (Å²) in [4.78, 5) is 15.6. The lowest BCUT2D eigenvalue weighted by atomic mass is 10.2. The molecule has 0 N–H and O–H groups in total. The van der Waals surface area contributed by atoms with Crippen molar-refractivity contribution in [2.45, 2.75) is 0 Å². The van der Waals surface area contributed by atoms with Crippen molar-refractivity contribution in [1.29, 1.82) is 0 Å². The molecule has 0 aliphatic rings. The molecule has 0 unspecified atom stereocenters. The molecule has 1 aromatic carbocycles. The molecule has 0 saturated heterocycles. The van der Waals surface area contributed by atoms with E-state index in [1.165, 1.54) is 13.2 Å². The molecule has 5 heteroatoms. The second kappa shape index (κ2) is 4.76. The van der Waals surface area contributed by atoms with Gasteiger partial charge in [-0.05, 0) is 12.1 Å². The third kappa shape index (κ3) is 2.48. The number of hydrogen-bond acceptors (Lipinski definition) is 4. The number of nitrogens with zero attached hydrogens (tertiary/aromatic N) is 1. The van der Waals surface area contributed by atoms with Crippen LogP contribution >= 0.6 is 27.3 Å². The van der Waals surface area contributed by atoms with E-state index in [4.69, 9.17) is 4.74 Å². The lowest BCUT2D eigenvalue weighted by molar-refractivity contribution is 0.399. The zero-order chi connectivity index (χ0) is 11.5. The minimum Gasteiger partial charge on any atom is -0.481 e. The monoisotopic (exact) mass is 297 g/mol. The highest BCUT2D eigenvalue weighted by Gasteiger charge is 2.04. The molecule has 2 rings (SSSR count). The van der Waals surface area contributed by atoms with Crippen molar-refractivity contribution in [3.8, 4) is 16.5 Å². The Morgan fingerprint density at radius 2 is 2.00 bits per heavy atom. The largest absolute Gasteiger partial charge is 0.481 e. The molecule has 1 heterocycles. The SMILES string of the molecule is COc1cc(=O)sc(-c2ccc(Br)cc2)n1. The molecule has 0 atom stereocenters. The van der Waals surface area contributed by atoms with Crippen molar-refractivity contribution in [2.24, 2.45) is 0 Å². The molecule has 16 heavy (non-hydrogen) atoms. The van der Waals surface area contributed by atoms with Gasteiger partial charge in [-0.3, -0.25) is 4.79 Å². The van der Waals surface area contributed by atoms with E-state index in [0.29, 0.717) is 10.9 Å². The standard InChI is InChI=1S/C11H8BrNO2S/c1-15-9-6-10(14)16-11(13-9)7-2-4-8(12)5-3-7/h2-6H,1H3. The van der Waals surface area contributed by atoms with Crippen LogP contribution in [0, 0.1) is 0 Å². The first kappa shape index (κ1) is 11.3. The van der Waals surface area contributed by atoms with Crippen LogP contribution in [-0.2, 0) is 0 Å². The molecule has 2 aromatic rings. The molecule has 0 fully saturated rings. The highest BCUT2D eigenvalue weighted by Crippen LogP contribution is 2.23. The van der Waals surface area contributed by atoms with Crippen LogP contribution in [0.25, 0.3) is 10.6 Å². The van der Waals surface area contributed by atoms with Gasteiger partial charge in [0.05, 0.1) is 13.2 Å². The average Bonchev–Trinajstić information content (AvgIpc) is 2.29. The van der Waals surface area contributed by atoms with Crippen molar-refractivity contribution in [3.63, 3.8) is 0 Å². The van der Waals surface area contributed by atoms with E-state index in [1.54, 1.807) is 0 Å². The first-order valence-corrected chi connectivity index (χ1v) is 6.12. The molecule has 0 aliphatic carbocycles. The minimum absolute atomic E-state index is 0.0650. The smallest absolute Gasteiger partial charge is 0.239 e. The Morgan fingerprint density at radius 1 is 1.31 bits per heavy atom. The van der Waals surface area contributed by atoms with Gasteiger partial charge in [0.2, 0.25) is 10.6 Å². The zero-order valence-electron chi connectivity index (χ0n) is 8.44. The average molecular weight is 298 g/mol. The summed E-state index contributed by atoms with van der Waals surface area (Å²) < 4.78 is 5.89. The van der Waals surface area contributed by atoms with Crippen LogP contribution in [-0.4, -0.2) is 12.1 Å². The number of benzene rings is 1. The summed E-state index contributed by atoms with van der Waals surface area (Å²) in [5.41, 5.74) is 0.907. The predicted molar refractivity (Wildman–Crippen MR) is 68.1 cm³/mol. The van der Waals surface area contributed by atoms with Crippen molar-refractivity contribution < 1.29 is 4.74 Å². The van der Waals surface area contributed by atoms with Gasteiger partial charge in [0.15, 0.2) is 0 Å². The first-order valence-electron chi connectivity index (χ1n) is 4.51. The van der Waals surface area contributed by atoms with Crippen molar-refractivity contribution >= 4 is 27.3 Å². The third-order valence-electron chi connectivity index (χ3n) is 1.95. The molecule has 0 spiro atoms. The molecular weight excluding hydrogens is 290 g/mol. The predicted octanol–water partition coefficient (Wildman–Crippen LogP) is 2.94. The first-order chi connectivity index (χ1) is 7.69. The molecule has 0 radical (unpaired) electrons. The molecule has 1 aromatic heterocycles. The molecule has 0 bridgehead atoms. The Bertz CT molecular complexity index is 551. The summed E-state index contributed by atoms with van der Waals surface area (Å²) >= 11 is 4.46. The van der Waals surface area contributed by atoms with E-state index in [9.17, 15) is 4.79 Å². The highest BCUT2D eigenvalue weighted by molar-refractivity contribution is 9.10. The van der Waals surface area contributed by atoms with Crippen LogP contribution in [0.15, 0.2) is 39.6 Å². The Hall–Kier alpha value is -1.20. The van der Waals surface area contributed by atoms with Crippen molar-refractivity contribution in [1.82, 2.24) is 4.98 Å². The normalized spacial score (nSPS) is 10.1. The lowest BCUT2D eigenvalue weighted by Gasteiger charge is -2.02. The van der Waals surface area contributed by atoms with Gasteiger partial charge in [0.25, 0.3) is 0 Å². The van der Waals surface area contributed by atoms with E-state index in [-0.39, 0.29) is 4.74 Å². The Morgan fingerprint density at radius 3 is 2.62 bits per heavy atom. The number of ether oxygens (including phenoxy) is 1. The summed E-state index contributed by atoms with van der Waals surface area (Å²) in [5, 5.41) is 0.664. The Balaban J connectivity index is 2.51. The maximum atomic E-state index is 11.4. The van der Waals surface area contributed by atoms with E-state index in [2.05, 4.69) is 20.9 Å². The van der Waals surface area contributed by atoms with E-state index < -0.39 is 0 Å². The number of methoxy groups -OCH3 is 1.